The summed E-state index contributed by atoms with van der Waals surface area (Å²) in [4.78, 5) is 24.1. The first kappa shape index (κ1) is 9.78. The number of allylic oxidation sites excluding steroid dienone is 2. The molecule has 0 atom stereocenters. The lowest BCUT2D eigenvalue weighted by Gasteiger charge is -2.15. The summed E-state index contributed by atoms with van der Waals surface area (Å²) in [6, 6.07) is 10.5. The zero-order valence-corrected chi connectivity index (χ0v) is 8.96. The molecule has 0 fully saturated rings. The predicted octanol–water partition coefficient (Wildman–Crippen LogP) is 2.41. The van der Waals surface area contributed by atoms with Gasteiger partial charge in [0.1, 0.15) is 0 Å². The van der Waals surface area contributed by atoms with Gasteiger partial charge in [-0.15, -0.1) is 0 Å². The second-order valence-corrected chi connectivity index (χ2v) is 3.86. The van der Waals surface area contributed by atoms with Crippen molar-refractivity contribution in [3.05, 3.63) is 66.0 Å². The largest absolute Gasteiger partial charge is 0.320 e. The molecule has 1 aliphatic carbocycles. The number of rotatable bonds is 1. The first-order valence-corrected chi connectivity index (χ1v) is 5.30. The van der Waals surface area contributed by atoms with Gasteiger partial charge in [-0.05, 0) is 12.1 Å². The molecule has 0 saturated carbocycles. The number of hydrogen-bond acceptors (Lipinski definition) is 2. The van der Waals surface area contributed by atoms with Crippen molar-refractivity contribution >= 4 is 17.3 Å². The number of fused-ring (bicyclic) bond motifs is 1. The zero-order valence-electron chi connectivity index (χ0n) is 8.96. The van der Waals surface area contributed by atoms with Gasteiger partial charge in [0, 0.05) is 29.6 Å². The Morgan fingerprint density at radius 1 is 0.824 bits per heavy atom. The third kappa shape index (κ3) is 1.44. The fraction of sp³-hybridized carbons (Fsp3) is 0. The lowest BCUT2D eigenvalue weighted by molar-refractivity contribution is 0.0997. The Morgan fingerprint density at radius 3 is 2.18 bits per heavy atom. The smallest absolute Gasteiger partial charge is 0.210 e. The van der Waals surface area contributed by atoms with Crippen molar-refractivity contribution < 1.29 is 9.59 Å². The van der Waals surface area contributed by atoms with Gasteiger partial charge >= 0.3 is 0 Å². The maximum atomic E-state index is 12.2. The zero-order chi connectivity index (χ0) is 11.8. The molecule has 0 saturated heterocycles. The quantitative estimate of drug-likeness (QED) is 0.744. The van der Waals surface area contributed by atoms with E-state index in [0.29, 0.717) is 16.8 Å². The van der Waals surface area contributed by atoms with Crippen LogP contribution in [0.2, 0.25) is 0 Å². The normalized spacial score (nSPS) is 14.5. The number of carbonyl (C=O) groups excluding carboxylic acids is 2. The molecule has 0 bridgehead atoms. The van der Waals surface area contributed by atoms with Crippen LogP contribution in [-0.4, -0.2) is 16.1 Å². The molecule has 1 aliphatic rings. The first-order valence-electron chi connectivity index (χ1n) is 5.30. The molecule has 0 spiro atoms. The van der Waals surface area contributed by atoms with Crippen LogP contribution in [0.5, 0.6) is 0 Å². The van der Waals surface area contributed by atoms with Gasteiger partial charge in [0.05, 0.1) is 5.70 Å². The summed E-state index contributed by atoms with van der Waals surface area (Å²) in [5.74, 6) is -0.236. The molecule has 3 nitrogen and oxygen atoms in total. The van der Waals surface area contributed by atoms with E-state index in [-0.39, 0.29) is 11.6 Å². The van der Waals surface area contributed by atoms with Crippen molar-refractivity contribution in [2.45, 2.75) is 0 Å². The molecule has 3 rings (SSSR count). The van der Waals surface area contributed by atoms with E-state index in [1.54, 1.807) is 41.2 Å². The molecule has 17 heavy (non-hydrogen) atoms. The highest BCUT2D eigenvalue weighted by atomic mass is 16.1. The van der Waals surface area contributed by atoms with Crippen molar-refractivity contribution in [3.8, 4) is 0 Å². The van der Waals surface area contributed by atoms with Crippen molar-refractivity contribution in [2.24, 2.45) is 0 Å². The molecule has 0 radical (unpaired) electrons. The van der Waals surface area contributed by atoms with Crippen LogP contribution in [0.15, 0.2) is 54.9 Å². The highest BCUT2D eigenvalue weighted by Gasteiger charge is 2.25. The van der Waals surface area contributed by atoms with Crippen molar-refractivity contribution in [1.82, 2.24) is 4.57 Å². The third-order valence-electron chi connectivity index (χ3n) is 2.82. The molecule has 0 unspecified atom stereocenters. The number of ketones is 2. The fourth-order valence-corrected chi connectivity index (χ4v) is 1.99. The van der Waals surface area contributed by atoms with E-state index in [1.165, 1.54) is 6.08 Å². The molecular formula is C14H9NO2. The molecule has 1 aromatic carbocycles. The minimum Gasteiger partial charge on any atom is -0.320 e. The van der Waals surface area contributed by atoms with Gasteiger partial charge in [-0.2, -0.15) is 0 Å². The molecular weight excluding hydrogens is 214 g/mol. The Morgan fingerprint density at radius 2 is 1.47 bits per heavy atom. The Kier molecular flexibility index (Phi) is 2.05. The molecule has 82 valence electrons. The van der Waals surface area contributed by atoms with Gasteiger partial charge in [-0.3, -0.25) is 9.59 Å². The monoisotopic (exact) mass is 223 g/mol. The number of hydrogen-bond donors (Lipinski definition) is 0. The van der Waals surface area contributed by atoms with Crippen LogP contribution >= 0.6 is 0 Å². The Labute approximate surface area is 98.0 Å². The summed E-state index contributed by atoms with van der Waals surface area (Å²) >= 11 is 0. The maximum absolute atomic E-state index is 12.2. The molecule has 0 amide bonds. The number of benzene rings is 1. The molecule has 0 aliphatic heterocycles. The summed E-state index contributed by atoms with van der Waals surface area (Å²) in [5.41, 5.74) is 1.36. The van der Waals surface area contributed by atoms with E-state index in [2.05, 4.69) is 0 Å². The Bertz CT molecular complexity index is 636. The highest BCUT2D eigenvalue weighted by Crippen LogP contribution is 2.23. The van der Waals surface area contributed by atoms with E-state index in [0.717, 1.165) is 0 Å². The summed E-state index contributed by atoms with van der Waals surface area (Å²) in [6.07, 6.45) is 4.90. The average Bonchev–Trinajstić information content (AvgIpc) is 2.87. The SMILES string of the molecule is O=C1C=C(n2cccc2)C(=O)c2ccccc21. The molecule has 2 aromatic rings. The molecule has 1 heterocycles. The van der Waals surface area contributed by atoms with Gasteiger partial charge in [0.2, 0.25) is 5.78 Å². The maximum Gasteiger partial charge on any atom is 0.210 e. The lowest BCUT2D eigenvalue weighted by atomic mass is 9.93. The fourth-order valence-electron chi connectivity index (χ4n) is 1.99. The number of aromatic nitrogens is 1. The van der Waals surface area contributed by atoms with Gasteiger partial charge in [-0.25, -0.2) is 0 Å². The summed E-state index contributed by atoms with van der Waals surface area (Å²) < 4.78 is 1.66. The van der Waals surface area contributed by atoms with E-state index in [4.69, 9.17) is 0 Å². The van der Waals surface area contributed by atoms with E-state index < -0.39 is 0 Å². The van der Waals surface area contributed by atoms with Crippen LogP contribution in [0.3, 0.4) is 0 Å². The summed E-state index contributed by atoms with van der Waals surface area (Å²) in [7, 11) is 0. The van der Waals surface area contributed by atoms with Crippen molar-refractivity contribution in [1.29, 1.82) is 0 Å². The average molecular weight is 223 g/mol. The van der Waals surface area contributed by atoms with E-state index in [1.807, 2.05) is 12.1 Å². The minimum absolute atomic E-state index is 0.114. The number of carbonyl (C=O) groups is 2. The summed E-state index contributed by atoms with van der Waals surface area (Å²) in [5, 5.41) is 0. The van der Waals surface area contributed by atoms with E-state index >= 15 is 0 Å². The van der Waals surface area contributed by atoms with Gasteiger partial charge in [0.25, 0.3) is 0 Å². The number of Topliss-reactive ketones (excluding diaryl/α,β-unsaturated/α-hetero) is 1. The van der Waals surface area contributed by atoms with Crippen LogP contribution in [0, 0.1) is 0 Å². The van der Waals surface area contributed by atoms with Crippen molar-refractivity contribution in [2.75, 3.05) is 0 Å². The van der Waals surface area contributed by atoms with Crippen LogP contribution in [0.4, 0.5) is 0 Å². The Hall–Kier alpha value is -2.42. The predicted molar refractivity (Wildman–Crippen MR) is 63.8 cm³/mol. The molecule has 1 aromatic heterocycles. The number of nitrogens with zero attached hydrogens (tertiary/aromatic N) is 1. The van der Waals surface area contributed by atoms with E-state index in [9.17, 15) is 9.59 Å². The third-order valence-corrected chi connectivity index (χ3v) is 2.82. The van der Waals surface area contributed by atoms with Gasteiger partial charge in [-0.1, -0.05) is 24.3 Å². The van der Waals surface area contributed by atoms with Gasteiger partial charge in [0.15, 0.2) is 5.78 Å². The van der Waals surface area contributed by atoms with Crippen LogP contribution < -0.4 is 0 Å². The first-order chi connectivity index (χ1) is 8.27. The molecule has 0 N–H and O–H groups in total. The van der Waals surface area contributed by atoms with Crippen LogP contribution in [0.1, 0.15) is 20.7 Å². The topological polar surface area (TPSA) is 39.1 Å². The van der Waals surface area contributed by atoms with Crippen LogP contribution in [-0.2, 0) is 0 Å². The van der Waals surface area contributed by atoms with Crippen LogP contribution in [0.25, 0.3) is 5.70 Å². The second kappa shape index (κ2) is 3.56. The second-order valence-electron chi connectivity index (χ2n) is 3.86. The minimum atomic E-state index is -0.121. The summed E-state index contributed by atoms with van der Waals surface area (Å²) in [6.45, 7) is 0. The Balaban J connectivity index is 2.18. The molecule has 3 heteroatoms. The standard InChI is InChI=1S/C14H9NO2/c16-13-9-12(15-7-3-4-8-15)14(17)11-6-2-1-5-10(11)13/h1-9H. The highest BCUT2D eigenvalue weighted by molar-refractivity contribution is 6.35. The lowest BCUT2D eigenvalue weighted by Crippen LogP contribution is -2.18. The van der Waals surface area contributed by atoms with Gasteiger partial charge < -0.3 is 4.57 Å². The van der Waals surface area contributed by atoms with Crippen molar-refractivity contribution in [3.63, 3.8) is 0 Å².